The van der Waals surface area contributed by atoms with E-state index in [4.69, 9.17) is 0 Å². The van der Waals surface area contributed by atoms with Gasteiger partial charge in [0.2, 0.25) is 0 Å². The fraction of sp³-hybridized carbons (Fsp3) is 0.636. The van der Waals surface area contributed by atoms with Crippen molar-refractivity contribution >= 4 is 17.3 Å². The molecule has 0 amide bonds. The number of rotatable bonds is 3. The van der Waals surface area contributed by atoms with Crippen molar-refractivity contribution in [2.24, 2.45) is 5.92 Å². The second kappa shape index (κ2) is 4.93. The van der Waals surface area contributed by atoms with Crippen LogP contribution in [0.2, 0.25) is 0 Å². The van der Waals surface area contributed by atoms with E-state index in [1.54, 1.807) is 16.8 Å². The Balaban J connectivity index is 2.08. The summed E-state index contributed by atoms with van der Waals surface area (Å²) in [5.74, 6) is -0.462. The SMILES string of the molecule is CC1CCCN(Cc2cncs2)C1C(=O)O. The summed E-state index contributed by atoms with van der Waals surface area (Å²) in [5, 5.41) is 9.25. The minimum Gasteiger partial charge on any atom is -0.480 e. The molecule has 2 heterocycles. The Bertz CT molecular complexity index is 353. The minimum atomic E-state index is -0.697. The van der Waals surface area contributed by atoms with Crippen LogP contribution in [0.3, 0.4) is 0 Å². The maximum atomic E-state index is 11.2. The van der Waals surface area contributed by atoms with Gasteiger partial charge in [0.15, 0.2) is 0 Å². The van der Waals surface area contributed by atoms with Crippen molar-refractivity contribution in [2.45, 2.75) is 32.4 Å². The number of aliphatic carboxylic acids is 1. The summed E-state index contributed by atoms with van der Waals surface area (Å²) in [4.78, 5) is 18.5. The molecule has 1 aromatic heterocycles. The van der Waals surface area contributed by atoms with Crippen molar-refractivity contribution in [3.63, 3.8) is 0 Å². The molecule has 0 aromatic carbocycles. The quantitative estimate of drug-likeness (QED) is 0.875. The molecule has 0 saturated carbocycles. The van der Waals surface area contributed by atoms with Crippen LogP contribution in [0, 0.1) is 5.92 Å². The van der Waals surface area contributed by atoms with Gasteiger partial charge in [-0.05, 0) is 25.3 Å². The molecule has 4 nitrogen and oxygen atoms in total. The zero-order chi connectivity index (χ0) is 11.5. The standard InChI is InChI=1S/C11H16N2O2S/c1-8-3-2-4-13(10(8)11(14)15)6-9-5-12-7-16-9/h5,7-8,10H,2-4,6H2,1H3,(H,14,15). The molecule has 2 atom stereocenters. The number of piperidine rings is 1. The highest BCUT2D eigenvalue weighted by Gasteiger charge is 2.34. The summed E-state index contributed by atoms with van der Waals surface area (Å²) in [6.45, 7) is 3.61. The van der Waals surface area contributed by atoms with E-state index < -0.39 is 5.97 Å². The average molecular weight is 240 g/mol. The maximum absolute atomic E-state index is 11.2. The Morgan fingerprint density at radius 1 is 1.75 bits per heavy atom. The topological polar surface area (TPSA) is 53.4 Å². The molecule has 0 bridgehead atoms. The van der Waals surface area contributed by atoms with Crippen LogP contribution in [0.25, 0.3) is 0 Å². The number of hydrogen-bond acceptors (Lipinski definition) is 4. The van der Waals surface area contributed by atoms with Crippen LogP contribution in [0.15, 0.2) is 11.7 Å². The molecule has 1 N–H and O–H groups in total. The van der Waals surface area contributed by atoms with Crippen molar-refractivity contribution < 1.29 is 9.90 Å². The first-order valence-electron chi connectivity index (χ1n) is 5.52. The molecule has 1 aliphatic rings. The Labute approximate surface area is 98.9 Å². The van der Waals surface area contributed by atoms with Crippen LogP contribution < -0.4 is 0 Å². The summed E-state index contributed by atoms with van der Waals surface area (Å²) in [6, 6.07) is -0.337. The van der Waals surface area contributed by atoms with E-state index >= 15 is 0 Å². The van der Waals surface area contributed by atoms with Gasteiger partial charge in [-0.15, -0.1) is 11.3 Å². The summed E-state index contributed by atoms with van der Waals surface area (Å²) < 4.78 is 0. The van der Waals surface area contributed by atoms with Crippen LogP contribution in [0.5, 0.6) is 0 Å². The third kappa shape index (κ3) is 2.41. The predicted octanol–water partition coefficient (Wildman–Crippen LogP) is 1.83. The van der Waals surface area contributed by atoms with E-state index in [1.165, 1.54) is 0 Å². The first kappa shape index (κ1) is 11.5. The number of likely N-dealkylation sites (tertiary alicyclic amines) is 1. The van der Waals surface area contributed by atoms with E-state index in [2.05, 4.69) is 9.88 Å². The van der Waals surface area contributed by atoms with E-state index in [0.29, 0.717) is 6.54 Å². The lowest BCUT2D eigenvalue weighted by Crippen LogP contribution is -2.48. The van der Waals surface area contributed by atoms with Crippen molar-refractivity contribution in [1.29, 1.82) is 0 Å². The average Bonchev–Trinajstić information content (AvgIpc) is 2.70. The van der Waals surface area contributed by atoms with Crippen LogP contribution in [-0.4, -0.2) is 33.5 Å². The normalized spacial score (nSPS) is 26.8. The van der Waals surface area contributed by atoms with Gasteiger partial charge in [-0.3, -0.25) is 14.7 Å². The molecule has 5 heteroatoms. The summed E-state index contributed by atoms with van der Waals surface area (Å²) in [7, 11) is 0. The molecule has 2 rings (SSSR count). The van der Waals surface area contributed by atoms with Crippen molar-refractivity contribution in [3.8, 4) is 0 Å². The largest absolute Gasteiger partial charge is 0.480 e. The van der Waals surface area contributed by atoms with Gasteiger partial charge in [0.1, 0.15) is 6.04 Å². The lowest BCUT2D eigenvalue weighted by molar-refractivity contribution is -0.147. The second-order valence-electron chi connectivity index (χ2n) is 4.34. The van der Waals surface area contributed by atoms with Gasteiger partial charge in [-0.2, -0.15) is 0 Å². The molecule has 88 valence electrons. The monoisotopic (exact) mass is 240 g/mol. The van der Waals surface area contributed by atoms with Gasteiger partial charge >= 0.3 is 5.97 Å². The third-order valence-electron chi connectivity index (χ3n) is 3.13. The minimum absolute atomic E-state index is 0.235. The Morgan fingerprint density at radius 3 is 3.19 bits per heavy atom. The smallest absolute Gasteiger partial charge is 0.321 e. The Morgan fingerprint density at radius 2 is 2.56 bits per heavy atom. The molecule has 0 spiro atoms. The summed E-state index contributed by atoms with van der Waals surface area (Å²) in [5.41, 5.74) is 1.79. The highest BCUT2D eigenvalue weighted by atomic mass is 32.1. The number of thiazole rings is 1. The van der Waals surface area contributed by atoms with Crippen molar-refractivity contribution in [1.82, 2.24) is 9.88 Å². The van der Waals surface area contributed by atoms with Gasteiger partial charge in [-0.1, -0.05) is 6.92 Å². The molecule has 1 saturated heterocycles. The predicted molar refractivity (Wildman–Crippen MR) is 62.3 cm³/mol. The van der Waals surface area contributed by atoms with Gasteiger partial charge < -0.3 is 5.11 Å². The highest BCUT2D eigenvalue weighted by molar-refractivity contribution is 7.09. The van der Waals surface area contributed by atoms with E-state index in [-0.39, 0.29) is 12.0 Å². The van der Waals surface area contributed by atoms with Crippen LogP contribution in [0.4, 0.5) is 0 Å². The molecular weight excluding hydrogens is 224 g/mol. The number of aromatic nitrogens is 1. The first-order valence-corrected chi connectivity index (χ1v) is 6.40. The fourth-order valence-corrected chi connectivity index (χ4v) is 2.99. The summed E-state index contributed by atoms with van der Waals surface area (Å²) in [6.07, 6.45) is 3.92. The van der Waals surface area contributed by atoms with Crippen molar-refractivity contribution in [3.05, 3.63) is 16.6 Å². The zero-order valence-electron chi connectivity index (χ0n) is 9.30. The number of nitrogens with zero attached hydrogens (tertiary/aromatic N) is 2. The Hall–Kier alpha value is -0.940. The number of carbonyl (C=O) groups is 1. The van der Waals surface area contributed by atoms with Crippen LogP contribution >= 0.6 is 11.3 Å². The summed E-state index contributed by atoms with van der Waals surface area (Å²) >= 11 is 1.59. The number of hydrogen-bond donors (Lipinski definition) is 1. The van der Waals surface area contributed by atoms with Gasteiger partial charge in [0.05, 0.1) is 5.51 Å². The first-order chi connectivity index (χ1) is 7.68. The van der Waals surface area contributed by atoms with E-state index in [1.807, 2.05) is 13.1 Å². The maximum Gasteiger partial charge on any atom is 0.321 e. The molecular formula is C11H16N2O2S. The molecule has 1 fully saturated rings. The molecule has 0 aliphatic carbocycles. The molecule has 16 heavy (non-hydrogen) atoms. The van der Waals surface area contributed by atoms with E-state index in [9.17, 15) is 9.90 Å². The third-order valence-corrected chi connectivity index (χ3v) is 3.90. The van der Waals surface area contributed by atoms with Crippen LogP contribution in [-0.2, 0) is 11.3 Å². The lowest BCUT2D eigenvalue weighted by Gasteiger charge is -2.36. The second-order valence-corrected chi connectivity index (χ2v) is 5.31. The fourth-order valence-electron chi connectivity index (χ4n) is 2.37. The number of carboxylic acid groups (broad SMARTS) is 1. The number of carboxylic acids is 1. The highest BCUT2D eigenvalue weighted by Crippen LogP contribution is 2.25. The van der Waals surface area contributed by atoms with Crippen molar-refractivity contribution in [2.75, 3.05) is 6.54 Å². The molecule has 2 unspecified atom stereocenters. The zero-order valence-corrected chi connectivity index (χ0v) is 10.1. The Kier molecular flexibility index (Phi) is 3.56. The van der Waals surface area contributed by atoms with Crippen LogP contribution in [0.1, 0.15) is 24.6 Å². The van der Waals surface area contributed by atoms with Gasteiger partial charge in [-0.25, -0.2) is 0 Å². The van der Waals surface area contributed by atoms with E-state index in [0.717, 1.165) is 24.3 Å². The van der Waals surface area contributed by atoms with Gasteiger partial charge in [0, 0.05) is 17.6 Å². The molecule has 0 radical (unpaired) electrons. The molecule has 1 aromatic rings. The molecule has 1 aliphatic heterocycles. The lowest BCUT2D eigenvalue weighted by atomic mass is 9.91. The van der Waals surface area contributed by atoms with Gasteiger partial charge in [0.25, 0.3) is 0 Å².